The SMILES string of the molecule is C[C@@H]1CC[C@H]2[C@@H](C)C(Nc3ccc(C(=O)O)cc3)O[C@@H]3O[C@]4(C)CCC1C32OO4. The van der Waals surface area contributed by atoms with E-state index in [1.54, 1.807) is 24.3 Å². The van der Waals surface area contributed by atoms with Gasteiger partial charge in [-0.3, -0.25) is 0 Å². The highest BCUT2D eigenvalue weighted by Crippen LogP contribution is 2.60. The third-order valence-electron chi connectivity index (χ3n) is 7.60. The summed E-state index contributed by atoms with van der Waals surface area (Å²) in [6.07, 6.45) is 3.25. The molecule has 4 aliphatic heterocycles. The van der Waals surface area contributed by atoms with Crippen LogP contribution in [0.15, 0.2) is 24.3 Å². The fraction of sp³-hybridized carbons (Fsp3) is 0.682. The minimum absolute atomic E-state index is 0.176. The van der Waals surface area contributed by atoms with E-state index in [1.165, 1.54) is 0 Å². The number of aromatic carboxylic acids is 1. The summed E-state index contributed by atoms with van der Waals surface area (Å²) >= 11 is 0. The Balaban J connectivity index is 1.44. The van der Waals surface area contributed by atoms with Gasteiger partial charge in [0, 0.05) is 23.9 Å². The van der Waals surface area contributed by atoms with Gasteiger partial charge in [-0.25, -0.2) is 14.6 Å². The van der Waals surface area contributed by atoms with Crippen LogP contribution in [0.2, 0.25) is 0 Å². The minimum atomic E-state index is -0.934. The average Bonchev–Trinajstić information content (AvgIpc) is 2.92. The highest BCUT2D eigenvalue weighted by atomic mass is 17.3. The standard InChI is InChI=1S/C22H29NO6/c1-12-4-9-17-13(2)18(23-15-7-5-14(6-8-15)19(24)25)26-20-22(17)16(12)10-11-21(3,27-20)28-29-22/h5-8,12-13,16-18,20,23H,4,9-11H2,1-3H3,(H,24,25)/t12-,13-,16?,17+,18?,20-,21+,22?/m1/s1. The third kappa shape index (κ3) is 2.90. The molecule has 29 heavy (non-hydrogen) atoms. The zero-order valence-electron chi connectivity index (χ0n) is 17.1. The summed E-state index contributed by atoms with van der Waals surface area (Å²) < 4.78 is 12.8. The van der Waals surface area contributed by atoms with Gasteiger partial charge in [-0.05, 0) is 62.3 Å². The number of carboxylic acids is 1. The first-order valence-corrected chi connectivity index (χ1v) is 10.6. The number of ether oxygens (including phenoxy) is 2. The van der Waals surface area contributed by atoms with E-state index < -0.39 is 23.6 Å². The molecule has 1 aromatic carbocycles. The van der Waals surface area contributed by atoms with Crippen molar-refractivity contribution in [3.05, 3.63) is 29.8 Å². The second-order valence-corrected chi connectivity index (χ2v) is 9.35. The molecule has 2 N–H and O–H groups in total. The summed E-state index contributed by atoms with van der Waals surface area (Å²) in [5, 5.41) is 12.6. The molecule has 0 radical (unpaired) electrons. The first-order valence-electron chi connectivity index (χ1n) is 10.6. The normalized spacial score (nSPS) is 45.9. The van der Waals surface area contributed by atoms with E-state index in [1.807, 2.05) is 6.92 Å². The van der Waals surface area contributed by atoms with Crippen molar-refractivity contribution in [1.82, 2.24) is 0 Å². The third-order valence-corrected chi connectivity index (χ3v) is 7.60. The molecule has 7 nitrogen and oxygen atoms in total. The highest BCUT2D eigenvalue weighted by Gasteiger charge is 2.69. The van der Waals surface area contributed by atoms with E-state index in [-0.39, 0.29) is 23.6 Å². The fourth-order valence-electron chi connectivity index (χ4n) is 5.94. The van der Waals surface area contributed by atoms with Crippen molar-refractivity contribution < 1.29 is 29.1 Å². The molecule has 4 heterocycles. The van der Waals surface area contributed by atoms with Crippen molar-refractivity contribution in [2.45, 2.75) is 70.4 Å². The lowest BCUT2D eigenvalue weighted by Crippen LogP contribution is -2.71. The number of fused-ring (bicyclic) bond motifs is 2. The van der Waals surface area contributed by atoms with E-state index in [4.69, 9.17) is 24.4 Å². The number of rotatable bonds is 3. The van der Waals surface area contributed by atoms with E-state index >= 15 is 0 Å². The van der Waals surface area contributed by atoms with Gasteiger partial charge in [-0.1, -0.05) is 13.8 Å². The van der Waals surface area contributed by atoms with Gasteiger partial charge in [0.15, 0.2) is 11.9 Å². The van der Waals surface area contributed by atoms with Gasteiger partial charge in [0.05, 0.1) is 5.56 Å². The van der Waals surface area contributed by atoms with Crippen molar-refractivity contribution in [2.75, 3.05) is 5.32 Å². The maximum atomic E-state index is 11.1. The zero-order valence-corrected chi connectivity index (χ0v) is 17.1. The van der Waals surface area contributed by atoms with Crippen molar-refractivity contribution >= 4 is 11.7 Å². The maximum Gasteiger partial charge on any atom is 0.335 e. The van der Waals surface area contributed by atoms with E-state index in [9.17, 15) is 4.79 Å². The monoisotopic (exact) mass is 403 g/mol. The molecule has 5 fully saturated rings. The quantitative estimate of drug-likeness (QED) is 0.738. The number of hydrogen-bond acceptors (Lipinski definition) is 6. The Morgan fingerprint density at radius 2 is 1.86 bits per heavy atom. The Labute approximate surface area is 170 Å². The van der Waals surface area contributed by atoms with Gasteiger partial charge in [0.1, 0.15) is 6.23 Å². The van der Waals surface area contributed by atoms with Crippen LogP contribution in [-0.2, 0) is 19.2 Å². The number of nitrogens with one attached hydrogen (secondary N) is 1. The molecule has 3 unspecified atom stereocenters. The number of hydrogen-bond donors (Lipinski definition) is 2. The molecular weight excluding hydrogens is 374 g/mol. The largest absolute Gasteiger partial charge is 0.478 e. The molecule has 1 saturated carbocycles. The van der Waals surface area contributed by atoms with Gasteiger partial charge in [0.25, 0.3) is 0 Å². The van der Waals surface area contributed by atoms with Crippen molar-refractivity contribution in [3.8, 4) is 0 Å². The summed E-state index contributed by atoms with van der Waals surface area (Å²) in [5.74, 6) is -0.419. The second-order valence-electron chi connectivity index (χ2n) is 9.35. The molecule has 7 heteroatoms. The molecule has 0 amide bonds. The van der Waals surface area contributed by atoms with Crippen molar-refractivity contribution in [1.29, 1.82) is 0 Å². The van der Waals surface area contributed by atoms with E-state index in [0.29, 0.717) is 11.8 Å². The lowest BCUT2D eigenvalue weighted by molar-refractivity contribution is -0.570. The van der Waals surface area contributed by atoms with Gasteiger partial charge < -0.3 is 19.9 Å². The van der Waals surface area contributed by atoms with Gasteiger partial charge in [0.2, 0.25) is 5.79 Å². The number of carboxylic acid groups (broad SMARTS) is 1. The predicted octanol–water partition coefficient (Wildman–Crippen LogP) is 4.00. The van der Waals surface area contributed by atoms with Crippen LogP contribution in [0.3, 0.4) is 0 Å². The molecule has 8 atom stereocenters. The van der Waals surface area contributed by atoms with E-state index in [2.05, 4.69) is 19.2 Å². The Bertz CT molecular complexity index is 799. The molecule has 0 aromatic heterocycles. The Morgan fingerprint density at radius 3 is 2.59 bits per heavy atom. The maximum absolute atomic E-state index is 11.1. The van der Waals surface area contributed by atoms with Gasteiger partial charge >= 0.3 is 5.97 Å². The Hall–Kier alpha value is -1.67. The number of benzene rings is 1. The average molecular weight is 403 g/mol. The number of carbonyl (C=O) groups is 1. The second kappa shape index (κ2) is 6.67. The van der Waals surface area contributed by atoms with Gasteiger partial charge in [-0.15, -0.1) is 0 Å². The molecule has 1 aromatic rings. The van der Waals surface area contributed by atoms with Crippen LogP contribution >= 0.6 is 0 Å². The molecule has 1 spiro atoms. The molecular formula is C22H29NO6. The van der Waals surface area contributed by atoms with Crippen LogP contribution in [-0.4, -0.2) is 35.0 Å². The minimum Gasteiger partial charge on any atom is -0.478 e. The lowest BCUT2D eigenvalue weighted by atomic mass is 9.58. The molecule has 2 bridgehead atoms. The van der Waals surface area contributed by atoms with Crippen molar-refractivity contribution in [2.24, 2.45) is 23.7 Å². The van der Waals surface area contributed by atoms with Crippen LogP contribution in [0, 0.1) is 23.7 Å². The smallest absolute Gasteiger partial charge is 0.335 e. The van der Waals surface area contributed by atoms with Gasteiger partial charge in [-0.2, -0.15) is 0 Å². The van der Waals surface area contributed by atoms with Crippen LogP contribution < -0.4 is 5.32 Å². The number of anilines is 1. The zero-order chi connectivity index (χ0) is 20.4. The Kier molecular flexibility index (Phi) is 4.44. The fourth-order valence-corrected chi connectivity index (χ4v) is 5.94. The summed E-state index contributed by atoms with van der Waals surface area (Å²) in [6, 6.07) is 6.74. The van der Waals surface area contributed by atoms with Crippen LogP contribution in [0.4, 0.5) is 5.69 Å². The molecule has 158 valence electrons. The first kappa shape index (κ1) is 19.3. The van der Waals surface area contributed by atoms with Crippen LogP contribution in [0.1, 0.15) is 56.8 Å². The Morgan fingerprint density at radius 1 is 1.10 bits per heavy atom. The summed E-state index contributed by atoms with van der Waals surface area (Å²) in [6.45, 7) is 6.41. The van der Waals surface area contributed by atoms with Crippen LogP contribution in [0.25, 0.3) is 0 Å². The molecule has 6 rings (SSSR count). The highest BCUT2D eigenvalue weighted by molar-refractivity contribution is 5.88. The lowest BCUT2D eigenvalue weighted by Gasteiger charge is -2.60. The van der Waals surface area contributed by atoms with Crippen molar-refractivity contribution in [3.63, 3.8) is 0 Å². The topological polar surface area (TPSA) is 86.3 Å². The molecule has 5 aliphatic rings. The molecule has 1 aliphatic carbocycles. The molecule has 4 saturated heterocycles. The first-order chi connectivity index (χ1) is 13.8. The summed E-state index contributed by atoms with van der Waals surface area (Å²) in [5.41, 5.74) is 0.517. The predicted molar refractivity (Wildman–Crippen MR) is 104 cm³/mol. The van der Waals surface area contributed by atoms with E-state index in [0.717, 1.165) is 31.4 Å². The summed E-state index contributed by atoms with van der Waals surface area (Å²) in [7, 11) is 0. The van der Waals surface area contributed by atoms with Crippen LogP contribution in [0.5, 0.6) is 0 Å². The summed E-state index contributed by atoms with van der Waals surface area (Å²) in [4.78, 5) is 23.1.